The summed E-state index contributed by atoms with van der Waals surface area (Å²) in [5.74, 6) is 0.937. The molecule has 25 heavy (non-hydrogen) atoms. The Morgan fingerprint density at radius 2 is 1.92 bits per heavy atom. The molecule has 0 aromatic heterocycles. The molecule has 0 aliphatic carbocycles. The van der Waals surface area contributed by atoms with Gasteiger partial charge in [-0.15, -0.1) is 0 Å². The molecule has 1 atom stereocenters. The summed E-state index contributed by atoms with van der Waals surface area (Å²) in [7, 11) is 1.65. The predicted octanol–water partition coefficient (Wildman–Crippen LogP) is 3.37. The van der Waals surface area contributed by atoms with Crippen molar-refractivity contribution in [3.05, 3.63) is 60.2 Å². The largest absolute Gasteiger partial charge is 0.497 e. The summed E-state index contributed by atoms with van der Waals surface area (Å²) < 4.78 is 5.31. The zero-order valence-electron chi connectivity index (χ0n) is 15.0. The molecule has 1 unspecified atom stereocenters. The van der Waals surface area contributed by atoms with E-state index < -0.39 is 0 Å². The van der Waals surface area contributed by atoms with Gasteiger partial charge in [0.25, 0.3) is 0 Å². The molecular weight excluding hydrogens is 312 g/mol. The van der Waals surface area contributed by atoms with Gasteiger partial charge in [0, 0.05) is 24.3 Å². The van der Waals surface area contributed by atoms with E-state index in [1.807, 2.05) is 35.2 Å². The highest BCUT2D eigenvalue weighted by Gasteiger charge is 2.32. The Morgan fingerprint density at radius 3 is 2.64 bits per heavy atom. The van der Waals surface area contributed by atoms with Crippen molar-refractivity contribution in [3.63, 3.8) is 0 Å². The minimum absolute atomic E-state index is 0.158. The third-order valence-electron chi connectivity index (χ3n) is 4.74. The van der Waals surface area contributed by atoms with Gasteiger partial charge < -0.3 is 9.64 Å². The Balaban J connectivity index is 1.82. The molecule has 0 bridgehead atoms. The second kappa shape index (κ2) is 8.17. The van der Waals surface area contributed by atoms with Crippen molar-refractivity contribution < 1.29 is 9.53 Å². The van der Waals surface area contributed by atoms with Crippen LogP contribution in [0.1, 0.15) is 18.9 Å². The molecule has 0 N–H and O–H groups in total. The first kappa shape index (κ1) is 17.5. The summed E-state index contributed by atoms with van der Waals surface area (Å²) in [4.78, 5) is 17.0. The Labute approximate surface area is 150 Å². The molecule has 0 saturated carbocycles. The smallest absolute Gasteiger partial charge is 0.241 e. The third-order valence-corrected chi connectivity index (χ3v) is 4.74. The van der Waals surface area contributed by atoms with E-state index in [1.54, 1.807) is 7.11 Å². The Bertz CT molecular complexity index is 702. The number of anilines is 1. The second-order valence-corrected chi connectivity index (χ2v) is 6.52. The monoisotopic (exact) mass is 338 g/mol. The van der Waals surface area contributed by atoms with Gasteiger partial charge in [-0.25, -0.2) is 0 Å². The normalized spacial score (nSPS) is 18.4. The van der Waals surface area contributed by atoms with E-state index in [1.165, 1.54) is 5.56 Å². The van der Waals surface area contributed by atoms with E-state index in [4.69, 9.17) is 4.74 Å². The molecule has 0 spiro atoms. The summed E-state index contributed by atoms with van der Waals surface area (Å²) in [6, 6.07) is 18.6. The van der Waals surface area contributed by atoms with Crippen LogP contribution in [-0.4, -0.2) is 43.6 Å². The Kier molecular flexibility index (Phi) is 5.71. The van der Waals surface area contributed by atoms with Crippen molar-refractivity contribution >= 4 is 11.6 Å². The number of hydrogen-bond acceptors (Lipinski definition) is 3. The van der Waals surface area contributed by atoms with Crippen LogP contribution in [0.25, 0.3) is 0 Å². The van der Waals surface area contributed by atoms with E-state index in [9.17, 15) is 4.79 Å². The molecule has 4 nitrogen and oxygen atoms in total. The van der Waals surface area contributed by atoms with Gasteiger partial charge in [0.2, 0.25) is 5.91 Å². The van der Waals surface area contributed by atoms with Gasteiger partial charge in [0.15, 0.2) is 0 Å². The molecule has 2 aromatic rings. The second-order valence-electron chi connectivity index (χ2n) is 6.52. The van der Waals surface area contributed by atoms with E-state index >= 15 is 0 Å². The lowest BCUT2D eigenvalue weighted by atomic mass is 10.0. The first-order valence-electron chi connectivity index (χ1n) is 8.93. The van der Waals surface area contributed by atoms with Crippen molar-refractivity contribution in [1.29, 1.82) is 0 Å². The van der Waals surface area contributed by atoms with Crippen molar-refractivity contribution in [2.24, 2.45) is 0 Å². The molecule has 1 amide bonds. The summed E-state index contributed by atoms with van der Waals surface area (Å²) in [6.07, 6.45) is 2.01. The van der Waals surface area contributed by atoms with E-state index in [0.29, 0.717) is 19.1 Å². The van der Waals surface area contributed by atoms with Crippen LogP contribution in [-0.2, 0) is 11.2 Å². The lowest BCUT2D eigenvalue weighted by Gasteiger charge is -2.41. The lowest BCUT2D eigenvalue weighted by Crippen LogP contribution is -2.57. The molecule has 1 aliphatic rings. The highest BCUT2D eigenvalue weighted by Crippen LogP contribution is 2.25. The van der Waals surface area contributed by atoms with Gasteiger partial charge in [-0.1, -0.05) is 43.3 Å². The van der Waals surface area contributed by atoms with Crippen LogP contribution in [0.5, 0.6) is 5.75 Å². The highest BCUT2D eigenvalue weighted by molar-refractivity contribution is 5.95. The number of ether oxygens (including phenoxy) is 1. The fraction of sp³-hybridized carbons (Fsp3) is 0.381. The SMILES string of the molecule is CCCN1CC(=O)N(c2cccc(OC)c2)CC1Cc1ccccc1. The van der Waals surface area contributed by atoms with Gasteiger partial charge in [-0.2, -0.15) is 0 Å². The maximum atomic E-state index is 12.7. The standard InChI is InChI=1S/C21H26N2O2/c1-3-12-22-16-21(24)23(18-10-7-11-20(14-18)25-2)15-19(22)13-17-8-5-4-6-9-17/h4-11,14,19H,3,12-13,15-16H2,1-2H3. The molecule has 1 fully saturated rings. The van der Waals surface area contributed by atoms with Crippen LogP contribution >= 0.6 is 0 Å². The number of benzene rings is 2. The Morgan fingerprint density at radius 1 is 1.12 bits per heavy atom. The first-order valence-corrected chi connectivity index (χ1v) is 8.93. The molecule has 1 aliphatic heterocycles. The topological polar surface area (TPSA) is 32.8 Å². The molecule has 1 saturated heterocycles. The van der Waals surface area contributed by atoms with Gasteiger partial charge in [-0.05, 0) is 37.1 Å². The predicted molar refractivity (Wildman–Crippen MR) is 101 cm³/mol. The van der Waals surface area contributed by atoms with Gasteiger partial charge >= 0.3 is 0 Å². The number of methoxy groups -OCH3 is 1. The maximum absolute atomic E-state index is 12.7. The van der Waals surface area contributed by atoms with Crippen LogP contribution < -0.4 is 9.64 Å². The average Bonchev–Trinajstić information content (AvgIpc) is 2.65. The molecule has 4 heteroatoms. The number of hydrogen-bond donors (Lipinski definition) is 0. The number of carbonyl (C=O) groups is 1. The molecule has 1 heterocycles. The van der Waals surface area contributed by atoms with Gasteiger partial charge in [0.05, 0.1) is 13.7 Å². The number of nitrogens with zero attached hydrogens (tertiary/aromatic N) is 2. The summed E-state index contributed by atoms with van der Waals surface area (Å²) in [6.45, 7) is 4.30. The first-order chi connectivity index (χ1) is 12.2. The van der Waals surface area contributed by atoms with Crippen molar-refractivity contribution in [2.45, 2.75) is 25.8 Å². The molecule has 132 valence electrons. The lowest BCUT2D eigenvalue weighted by molar-refractivity contribution is -0.122. The van der Waals surface area contributed by atoms with Crippen LogP contribution in [0.4, 0.5) is 5.69 Å². The molecule has 3 rings (SSSR count). The zero-order chi connectivity index (χ0) is 17.6. The molecule has 2 aromatic carbocycles. The van der Waals surface area contributed by atoms with E-state index in [2.05, 4.69) is 36.1 Å². The third kappa shape index (κ3) is 4.20. The zero-order valence-corrected chi connectivity index (χ0v) is 15.0. The van der Waals surface area contributed by atoms with Crippen molar-refractivity contribution in [2.75, 3.05) is 31.6 Å². The van der Waals surface area contributed by atoms with E-state index in [-0.39, 0.29) is 5.91 Å². The minimum Gasteiger partial charge on any atom is -0.497 e. The van der Waals surface area contributed by atoms with Crippen molar-refractivity contribution in [3.8, 4) is 5.75 Å². The van der Waals surface area contributed by atoms with Crippen LogP contribution in [0.3, 0.4) is 0 Å². The fourth-order valence-corrected chi connectivity index (χ4v) is 3.47. The number of carbonyl (C=O) groups excluding carboxylic acids is 1. The van der Waals surface area contributed by atoms with Gasteiger partial charge in [-0.3, -0.25) is 9.69 Å². The maximum Gasteiger partial charge on any atom is 0.241 e. The van der Waals surface area contributed by atoms with Crippen LogP contribution in [0, 0.1) is 0 Å². The summed E-state index contributed by atoms with van der Waals surface area (Å²) >= 11 is 0. The molecular formula is C21H26N2O2. The average molecular weight is 338 g/mol. The van der Waals surface area contributed by atoms with Gasteiger partial charge in [0.1, 0.15) is 5.75 Å². The number of piperazine rings is 1. The van der Waals surface area contributed by atoms with Crippen LogP contribution in [0.2, 0.25) is 0 Å². The van der Waals surface area contributed by atoms with E-state index in [0.717, 1.165) is 30.8 Å². The summed E-state index contributed by atoms with van der Waals surface area (Å²) in [5, 5.41) is 0. The minimum atomic E-state index is 0.158. The Hall–Kier alpha value is -2.33. The van der Waals surface area contributed by atoms with Crippen LogP contribution in [0.15, 0.2) is 54.6 Å². The number of amides is 1. The number of rotatable bonds is 6. The quantitative estimate of drug-likeness (QED) is 0.810. The highest BCUT2D eigenvalue weighted by atomic mass is 16.5. The fourth-order valence-electron chi connectivity index (χ4n) is 3.47. The van der Waals surface area contributed by atoms with Crippen molar-refractivity contribution in [1.82, 2.24) is 4.90 Å². The summed E-state index contributed by atoms with van der Waals surface area (Å²) in [5.41, 5.74) is 2.23. The molecule has 0 radical (unpaired) electrons.